The van der Waals surface area contributed by atoms with Crippen molar-refractivity contribution in [3.05, 3.63) is 46.1 Å². The highest BCUT2D eigenvalue weighted by atomic mass is 79.9. The van der Waals surface area contributed by atoms with Gasteiger partial charge in [-0.15, -0.1) is 0 Å². The highest BCUT2D eigenvalue weighted by Crippen LogP contribution is 2.27. The van der Waals surface area contributed by atoms with E-state index in [0.29, 0.717) is 18.8 Å². The van der Waals surface area contributed by atoms with Crippen molar-refractivity contribution >= 4 is 15.9 Å². The summed E-state index contributed by atoms with van der Waals surface area (Å²) in [4.78, 5) is 0. The molecule has 1 aliphatic rings. The van der Waals surface area contributed by atoms with Gasteiger partial charge in [-0.2, -0.15) is 0 Å². The van der Waals surface area contributed by atoms with E-state index < -0.39 is 5.60 Å². The summed E-state index contributed by atoms with van der Waals surface area (Å²) in [6.07, 6.45) is 3.44. The lowest BCUT2D eigenvalue weighted by Crippen LogP contribution is -2.30. The van der Waals surface area contributed by atoms with Crippen molar-refractivity contribution in [3.63, 3.8) is 0 Å². The number of hydrogen-bond acceptors (Lipinski definition) is 2. The summed E-state index contributed by atoms with van der Waals surface area (Å²) < 4.78 is 6.46. The van der Waals surface area contributed by atoms with Crippen molar-refractivity contribution in [1.29, 1.82) is 0 Å². The van der Waals surface area contributed by atoms with E-state index in [0.717, 1.165) is 16.5 Å². The third-order valence-electron chi connectivity index (χ3n) is 2.70. The third kappa shape index (κ3) is 2.66. The first kappa shape index (κ1) is 11.7. The molecule has 86 valence electrons. The smallest absolute Gasteiger partial charge is 0.124 e. The number of hydrogen-bond donors (Lipinski definition) is 1. The lowest BCUT2D eigenvalue weighted by atomic mass is 9.94. The van der Waals surface area contributed by atoms with Crippen LogP contribution in [0.5, 0.6) is 0 Å². The van der Waals surface area contributed by atoms with Gasteiger partial charge in [-0.1, -0.05) is 28.1 Å². The van der Waals surface area contributed by atoms with Crippen LogP contribution in [0, 0.1) is 0 Å². The number of ether oxygens (including phenoxy) is 1. The van der Waals surface area contributed by atoms with Crippen LogP contribution in [-0.2, 0) is 11.2 Å². The third-order valence-corrected chi connectivity index (χ3v) is 3.23. The molecular weight excluding hydrogens is 268 g/mol. The molecule has 1 N–H and O–H groups in total. The molecule has 3 heteroatoms. The van der Waals surface area contributed by atoms with Crippen molar-refractivity contribution < 1.29 is 9.84 Å². The van der Waals surface area contributed by atoms with Crippen molar-refractivity contribution in [2.75, 3.05) is 6.61 Å². The molecule has 0 fully saturated rings. The Labute approximate surface area is 104 Å². The molecule has 0 aliphatic carbocycles. The van der Waals surface area contributed by atoms with Gasteiger partial charge in [0.15, 0.2) is 0 Å². The fourth-order valence-corrected chi connectivity index (χ4v) is 2.14. The van der Waals surface area contributed by atoms with Crippen LogP contribution < -0.4 is 0 Å². The van der Waals surface area contributed by atoms with E-state index >= 15 is 0 Å². The predicted molar refractivity (Wildman–Crippen MR) is 67.1 cm³/mol. The van der Waals surface area contributed by atoms with Crippen LogP contribution in [0.4, 0.5) is 0 Å². The predicted octanol–water partition coefficient (Wildman–Crippen LogP) is 3.05. The van der Waals surface area contributed by atoms with E-state index in [1.807, 2.05) is 30.3 Å². The standard InChI is InChI=1S/C13H15BrO2/c1-13(15,12-3-2-8-16-12)9-10-4-6-11(14)7-5-10/h3-7,15H,2,8-9H2,1H3. The topological polar surface area (TPSA) is 29.5 Å². The second kappa shape index (κ2) is 4.60. The lowest BCUT2D eigenvalue weighted by molar-refractivity contribution is 0.0350. The molecule has 1 atom stereocenters. The first-order chi connectivity index (χ1) is 7.58. The second-order valence-corrected chi connectivity index (χ2v) is 5.20. The van der Waals surface area contributed by atoms with Crippen LogP contribution in [0.2, 0.25) is 0 Å². The van der Waals surface area contributed by atoms with E-state index in [4.69, 9.17) is 4.74 Å². The van der Waals surface area contributed by atoms with Crippen molar-refractivity contribution in [3.8, 4) is 0 Å². The van der Waals surface area contributed by atoms with E-state index in [2.05, 4.69) is 15.9 Å². The largest absolute Gasteiger partial charge is 0.495 e. The minimum atomic E-state index is -0.898. The molecule has 2 rings (SSSR count). The van der Waals surface area contributed by atoms with Crippen LogP contribution in [0.1, 0.15) is 18.9 Å². The summed E-state index contributed by atoms with van der Waals surface area (Å²) in [5.74, 6) is 0.704. The van der Waals surface area contributed by atoms with Crippen LogP contribution in [0.25, 0.3) is 0 Å². The lowest BCUT2D eigenvalue weighted by Gasteiger charge is -2.24. The zero-order valence-electron chi connectivity index (χ0n) is 9.24. The number of halogens is 1. The van der Waals surface area contributed by atoms with Crippen LogP contribution in [0.15, 0.2) is 40.6 Å². The maximum absolute atomic E-state index is 10.3. The van der Waals surface area contributed by atoms with Crippen LogP contribution >= 0.6 is 15.9 Å². The molecule has 1 unspecified atom stereocenters. The zero-order valence-corrected chi connectivity index (χ0v) is 10.8. The van der Waals surface area contributed by atoms with Crippen molar-refractivity contribution in [2.24, 2.45) is 0 Å². The van der Waals surface area contributed by atoms with Gasteiger partial charge in [-0.05, 0) is 30.7 Å². The van der Waals surface area contributed by atoms with Gasteiger partial charge in [0, 0.05) is 17.3 Å². The summed E-state index contributed by atoms with van der Waals surface area (Å²) in [5.41, 5.74) is 0.203. The quantitative estimate of drug-likeness (QED) is 0.924. The summed E-state index contributed by atoms with van der Waals surface area (Å²) in [5, 5.41) is 10.3. The molecule has 0 saturated heterocycles. The van der Waals surface area contributed by atoms with Crippen molar-refractivity contribution in [2.45, 2.75) is 25.4 Å². The maximum Gasteiger partial charge on any atom is 0.124 e. The molecule has 16 heavy (non-hydrogen) atoms. The average Bonchev–Trinajstić information content (AvgIpc) is 2.75. The molecule has 1 heterocycles. The molecule has 0 radical (unpaired) electrons. The SMILES string of the molecule is CC(O)(Cc1ccc(Br)cc1)C1=CCCO1. The van der Waals surface area contributed by atoms with Crippen molar-refractivity contribution in [1.82, 2.24) is 0 Å². The Hall–Kier alpha value is -0.800. The second-order valence-electron chi connectivity index (χ2n) is 4.28. The van der Waals surface area contributed by atoms with E-state index in [9.17, 15) is 5.11 Å². The normalized spacial score (nSPS) is 18.8. The molecule has 1 aromatic rings. The van der Waals surface area contributed by atoms with Gasteiger partial charge in [0.1, 0.15) is 11.4 Å². The molecule has 2 nitrogen and oxygen atoms in total. The van der Waals surface area contributed by atoms with Gasteiger partial charge >= 0.3 is 0 Å². The minimum Gasteiger partial charge on any atom is -0.495 e. The number of rotatable bonds is 3. The Morgan fingerprint density at radius 3 is 2.62 bits per heavy atom. The summed E-state index contributed by atoms with van der Waals surface area (Å²) in [6.45, 7) is 2.48. The molecule has 0 amide bonds. The average molecular weight is 283 g/mol. The molecule has 0 saturated carbocycles. The van der Waals surface area contributed by atoms with Gasteiger partial charge < -0.3 is 9.84 Å². The fourth-order valence-electron chi connectivity index (χ4n) is 1.88. The summed E-state index contributed by atoms with van der Waals surface area (Å²) >= 11 is 3.39. The molecule has 1 aliphatic heterocycles. The van der Waals surface area contributed by atoms with E-state index in [1.165, 1.54) is 0 Å². The van der Waals surface area contributed by atoms with Gasteiger partial charge in [-0.25, -0.2) is 0 Å². The number of benzene rings is 1. The molecule has 1 aromatic carbocycles. The Balaban J connectivity index is 2.11. The van der Waals surface area contributed by atoms with Gasteiger partial charge in [0.25, 0.3) is 0 Å². The minimum absolute atomic E-state index is 0.576. The summed E-state index contributed by atoms with van der Waals surface area (Å²) in [7, 11) is 0. The summed E-state index contributed by atoms with van der Waals surface area (Å²) in [6, 6.07) is 7.98. The molecular formula is C13H15BrO2. The monoisotopic (exact) mass is 282 g/mol. The van der Waals surface area contributed by atoms with E-state index in [-0.39, 0.29) is 0 Å². The zero-order chi connectivity index (χ0) is 11.6. The Morgan fingerprint density at radius 1 is 1.38 bits per heavy atom. The first-order valence-corrected chi connectivity index (χ1v) is 6.17. The van der Waals surface area contributed by atoms with Gasteiger partial charge in [-0.3, -0.25) is 0 Å². The Bertz CT molecular complexity index is 393. The molecule has 0 bridgehead atoms. The highest BCUT2D eigenvalue weighted by molar-refractivity contribution is 9.10. The number of aliphatic hydroxyl groups is 1. The van der Waals surface area contributed by atoms with Crippen LogP contribution in [-0.4, -0.2) is 17.3 Å². The van der Waals surface area contributed by atoms with E-state index in [1.54, 1.807) is 6.92 Å². The first-order valence-electron chi connectivity index (χ1n) is 5.38. The Morgan fingerprint density at radius 2 is 2.06 bits per heavy atom. The van der Waals surface area contributed by atoms with Gasteiger partial charge in [0.2, 0.25) is 0 Å². The van der Waals surface area contributed by atoms with Crippen LogP contribution in [0.3, 0.4) is 0 Å². The van der Waals surface area contributed by atoms with Gasteiger partial charge in [0.05, 0.1) is 6.61 Å². The molecule has 0 spiro atoms. The fraction of sp³-hybridized carbons (Fsp3) is 0.385. The maximum atomic E-state index is 10.3. The highest BCUT2D eigenvalue weighted by Gasteiger charge is 2.29. The molecule has 0 aromatic heterocycles. The Kier molecular flexibility index (Phi) is 3.36.